The normalized spacial score (nSPS) is 46.0. The van der Waals surface area contributed by atoms with Gasteiger partial charge >= 0.3 is 80.1 Å². The van der Waals surface area contributed by atoms with E-state index < -0.39 is 43.0 Å². The topological polar surface area (TPSA) is 110 Å². The van der Waals surface area contributed by atoms with Gasteiger partial charge in [0.2, 0.25) is 0 Å². The van der Waals surface area contributed by atoms with Gasteiger partial charge < -0.3 is 0 Å². The number of nitrogens with zero attached hydrogens (tertiary/aromatic N) is 1. The van der Waals surface area contributed by atoms with Crippen molar-refractivity contribution in [2.75, 3.05) is 6.61 Å². The molecule has 4 N–H and O–H groups in total. The van der Waals surface area contributed by atoms with Gasteiger partial charge in [0.15, 0.2) is 0 Å². The Kier molecular flexibility index (Phi) is 3.78. The molecule has 1 aliphatic heterocycles. The van der Waals surface area contributed by atoms with E-state index in [0.717, 1.165) is 0 Å². The molecule has 5 unspecified atom stereocenters. The second-order valence-electron chi connectivity index (χ2n) is 2.82. The first kappa shape index (κ1) is 11.0. The minimum atomic E-state index is -1.37. The van der Waals surface area contributed by atoms with Gasteiger partial charge in [0, 0.05) is 0 Å². The summed E-state index contributed by atoms with van der Waals surface area (Å²) in [6.07, 6.45) is -2.55. The molecule has 7 heteroatoms. The summed E-state index contributed by atoms with van der Waals surface area (Å²) in [7, 11) is 0. The van der Waals surface area contributed by atoms with Gasteiger partial charge in [0.1, 0.15) is 0 Å². The third-order valence-corrected chi connectivity index (χ3v) is 4.79. The zero-order valence-corrected chi connectivity index (χ0v) is 8.36. The summed E-state index contributed by atoms with van der Waals surface area (Å²) in [5.74, 6) is 0. The third kappa shape index (κ3) is 2.07. The van der Waals surface area contributed by atoms with Gasteiger partial charge in [-0.1, -0.05) is 0 Å². The monoisotopic (exact) mass is 257 g/mol. The van der Waals surface area contributed by atoms with E-state index in [1.165, 1.54) is 0 Å². The van der Waals surface area contributed by atoms with Crippen molar-refractivity contribution >= 4 is 15.0 Å². The SMILES string of the molecule is O=NC1C(O)[Se]C(CO)C(O)C1O. The Morgan fingerprint density at radius 2 is 1.85 bits per heavy atom. The second-order valence-corrected chi connectivity index (χ2v) is 5.68. The Hall–Kier alpha value is -0.0405. The van der Waals surface area contributed by atoms with Crippen molar-refractivity contribution in [1.29, 1.82) is 0 Å². The van der Waals surface area contributed by atoms with E-state index in [1.54, 1.807) is 0 Å². The first-order valence-corrected chi connectivity index (χ1v) is 5.72. The molecule has 5 atom stereocenters. The standard InChI is InChI=1S/C6H11NO5Se/c8-1-2-4(9)5(10)3(7-12)6(11)13-2/h2-6,8-11H,1H2. The fourth-order valence-electron chi connectivity index (χ4n) is 1.20. The van der Waals surface area contributed by atoms with Crippen LogP contribution in [0.1, 0.15) is 0 Å². The van der Waals surface area contributed by atoms with Crippen molar-refractivity contribution < 1.29 is 20.4 Å². The molecule has 0 aromatic heterocycles. The van der Waals surface area contributed by atoms with Crippen molar-refractivity contribution in [3.8, 4) is 0 Å². The molecule has 0 saturated carbocycles. The molecule has 76 valence electrons. The summed E-state index contributed by atoms with van der Waals surface area (Å²) in [5.41, 5.74) is 0. The molecular formula is C6H11NO5Se. The molecule has 0 bridgehead atoms. The summed E-state index contributed by atoms with van der Waals surface area (Å²) in [4.78, 5) is 9.66. The van der Waals surface area contributed by atoms with E-state index in [1.807, 2.05) is 0 Å². The van der Waals surface area contributed by atoms with Gasteiger partial charge in [-0.15, -0.1) is 0 Å². The Morgan fingerprint density at radius 1 is 1.23 bits per heavy atom. The number of aliphatic hydroxyl groups excluding tert-OH is 4. The van der Waals surface area contributed by atoms with Crippen LogP contribution in [0.3, 0.4) is 0 Å². The predicted molar refractivity (Wildman–Crippen MR) is 44.2 cm³/mol. The average molecular weight is 256 g/mol. The maximum atomic E-state index is 10.2. The molecule has 1 rings (SSSR count). The van der Waals surface area contributed by atoms with Crippen molar-refractivity contribution in [1.82, 2.24) is 0 Å². The zero-order chi connectivity index (χ0) is 10.0. The fraction of sp³-hybridized carbons (Fsp3) is 1.00. The van der Waals surface area contributed by atoms with E-state index in [-0.39, 0.29) is 6.61 Å². The number of aliphatic hydroxyl groups is 4. The van der Waals surface area contributed by atoms with E-state index in [4.69, 9.17) is 5.11 Å². The van der Waals surface area contributed by atoms with Gasteiger partial charge in [-0.25, -0.2) is 0 Å². The number of hydrogen-bond donors (Lipinski definition) is 4. The number of hydrogen-bond acceptors (Lipinski definition) is 6. The van der Waals surface area contributed by atoms with E-state index >= 15 is 0 Å². The van der Waals surface area contributed by atoms with E-state index in [0.29, 0.717) is 0 Å². The zero-order valence-electron chi connectivity index (χ0n) is 6.65. The molecule has 0 aromatic carbocycles. The number of nitroso groups, excluding NO2 is 1. The first-order valence-electron chi connectivity index (χ1n) is 3.74. The van der Waals surface area contributed by atoms with Gasteiger partial charge in [-0.2, -0.15) is 0 Å². The van der Waals surface area contributed by atoms with Crippen LogP contribution in [-0.2, 0) is 0 Å². The summed E-state index contributed by atoms with van der Waals surface area (Å²) in [5, 5.41) is 38.3. The van der Waals surface area contributed by atoms with Gasteiger partial charge in [0.05, 0.1) is 0 Å². The average Bonchev–Trinajstić information content (AvgIpc) is 2.12. The van der Waals surface area contributed by atoms with Crippen LogP contribution in [0.25, 0.3) is 0 Å². The maximum absolute atomic E-state index is 10.2. The van der Waals surface area contributed by atoms with Crippen LogP contribution in [0.15, 0.2) is 5.18 Å². The van der Waals surface area contributed by atoms with Crippen LogP contribution >= 0.6 is 0 Å². The van der Waals surface area contributed by atoms with Crippen molar-refractivity contribution in [2.24, 2.45) is 5.18 Å². The molecule has 1 aliphatic rings. The predicted octanol–water partition coefficient (Wildman–Crippen LogP) is -2.34. The van der Waals surface area contributed by atoms with Crippen LogP contribution in [0, 0.1) is 4.91 Å². The quantitative estimate of drug-likeness (QED) is 0.327. The Bertz CT molecular complexity index is 192. The summed E-state index contributed by atoms with van der Waals surface area (Å²) in [6, 6.07) is -1.17. The molecule has 6 nitrogen and oxygen atoms in total. The molecule has 0 amide bonds. The van der Waals surface area contributed by atoms with Gasteiger partial charge in [0.25, 0.3) is 0 Å². The summed E-state index contributed by atoms with van der Waals surface area (Å²) >= 11 is -0.494. The molecule has 1 fully saturated rings. The minimum absolute atomic E-state index is 0.305. The second kappa shape index (κ2) is 4.45. The van der Waals surface area contributed by atoms with Crippen LogP contribution in [0.4, 0.5) is 0 Å². The molecule has 0 aromatic rings. The van der Waals surface area contributed by atoms with Crippen molar-refractivity contribution in [3.05, 3.63) is 4.91 Å². The van der Waals surface area contributed by atoms with Gasteiger partial charge in [-0.3, -0.25) is 0 Å². The molecule has 1 saturated heterocycles. The van der Waals surface area contributed by atoms with E-state index in [2.05, 4.69) is 5.18 Å². The van der Waals surface area contributed by atoms with Crippen molar-refractivity contribution in [3.63, 3.8) is 0 Å². The van der Waals surface area contributed by atoms with Crippen LogP contribution in [0.5, 0.6) is 0 Å². The molecule has 0 spiro atoms. The molecule has 13 heavy (non-hydrogen) atoms. The van der Waals surface area contributed by atoms with E-state index in [9.17, 15) is 20.2 Å². The third-order valence-electron chi connectivity index (χ3n) is 1.99. The van der Waals surface area contributed by atoms with Crippen molar-refractivity contribution in [2.45, 2.75) is 28.1 Å². The summed E-state index contributed by atoms with van der Waals surface area (Å²) < 4.78 is 0. The first-order chi connectivity index (χ1) is 6.11. The number of rotatable bonds is 2. The molecular weight excluding hydrogens is 245 g/mol. The Labute approximate surface area is 80.7 Å². The Balaban J connectivity index is 2.72. The van der Waals surface area contributed by atoms with Crippen LogP contribution in [-0.4, -0.2) is 65.2 Å². The molecule has 0 radical (unpaired) electrons. The van der Waals surface area contributed by atoms with Crippen LogP contribution in [0.2, 0.25) is 4.82 Å². The van der Waals surface area contributed by atoms with Crippen LogP contribution < -0.4 is 0 Å². The molecule has 1 heterocycles. The molecule has 0 aliphatic carbocycles. The Morgan fingerprint density at radius 3 is 2.31 bits per heavy atom. The summed E-state index contributed by atoms with van der Waals surface area (Å²) in [6.45, 7) is -0.305. The van der Waals surface area contributed by atoms with Gasteiger partial charge in [-0.05, 0) is 0 Å². The fourth-order valence-corrected chi connectivity index (χ4v) is 3.58.